The van der Waals surface area contributed by atoms with Gasteiger partial charge in [-0.15, -0.1) is 23.1 Å². The van der Waals surface area contributed by atoms with Crippen LogP contribution in [0.2, 0.25) is 0 Å². The maximum absolute atomic E-state index is 3.64. The van der Waals surface area contributed by atoms with Gasteiger partial charge < -0.3 is 5.32 Å². The molecule has 106 valence electrons. The molecule has 3 heteroatoms. The van der Waals surface area contributed by atoms with E-state index in [4.69, 9.17) is 0 Å². The van der Waals surface area contributed by atoms with Crippen molar-refractivity contribution in [2.45, 2.75) is 43.5 Å². The van der Waals surface area contributed by atoms with Gasteiger partial charge in [0.25, 0.3) is 0 Å². The van der Waals surface area contributed by atoms with Crippen molar-refractivity contribution in [2.75, 3.05) is 11.6 Å². The summed E-state index contributed by atoms with van der Waals surface area (Å²) >= 11 is 3.80. The van der Waals surface area contributed by atoms with E-state index in [0.717, 1.165) is 0 Å². The molecule has 0 fully saturated rings. The smallest absolute Gasteiger partial charge is 0.0578 e. The molecular weight excluding hydrogens is 282 g/mol. The monoisotopic (exact) mass is 303 g/mol. The van der Waals surface area contributed by atoms with E-state index in [1.807, 2.05) is 11.3 Å². The number of hydrogen-bond acceptors (Lipinski definition) is 3. The van der Waals surface area contributed by atoms with Gasteiger partial charge in [0.15, 0.2) is 0 Å². The van der Waals surface area contributed by atoms with E-state index in [-0.39, 0.29) is 0 Å². The maximum Gasteiger partial charge on any atom is 0.0578 e. The highest BCUT2D eigenvalue weighted by Gasteiger charge is 2.16. The predicted octanol–water partition coefficient (Wildman–Crippen LogP) is 5.52. The lowest BCUT2D eigenvalue weighted by Gasteiger charge is -2.14. The number of aryl methyl sites for hydroxylation is 2. The van der Waals surface area contributed by atoms with Crippen molar-refractivity contribution >= 4 is 28.8 Å². The summed E-state index contributed by atoms with van der Waals surface area (Å²) in [5, 5.41) is 3.64. The number of thiophene rings is 1. The molecule has 1 unspecified atom stereocenters. The fourth-order valence-corrected chi connectivity index (χ4v) is 4.48. The predicted molar refractivity (Wildman–Crippen MR) is 91.2 cm³/mol. The summed E-state index contributed by atoms with van der Waals surface area (Å²) in [5.41, 5.74) is 2.82. The van der Waals surface area contributed by atoms with Crippen LogP contribution >= 0.6 is 23.1 Å². The minimum Gasteiger partial charge on any atom is -0.378 e. The Labute approximate surface area is 129 Å². The summed E-state index contributed by atoms with van der Waals surface area (Å²) in [6, 6.07) is 11.5. The standard InChI is InChI=1S/C17H21NS2/c1-12(18-14-7-5-8-15(11-14)19-2)17-10-13-6-3-4-9-16(13)20-17/h5,7-8,10-12,18H,3-4,6,9H2,1-2H3. The Morgan fingerprint density at radius 2 is 2.05 bits per heavy atom. The first kappa shape index (κ1) is 14.0. The number of hydrogen-bond donors (Lipinski definition) is 1. The molecule has 1 aromatic heterocycles. The third kappa shape index (κ3) is 3.04. The number of anilines is 1. The van der Waals surface area contributed by atoms with Crippen LogP contribution in [0.4, 0.5) is 5.69 Å². The Morgan fingerprint density at radius 1 is 1.20 bits per heavy atom. The molecule has 0 spiro atoms. The molecule has 1 N–H and O–H groups in total. The quantitative estimate of drug-likeness (QED) is 0.746. The Balaban J connectivity index is 1.75. The lowest BCUT2D eigenvalue weighted by Crippen LogP contribution is -2.04. The highest BCUT2D eigenvalue weighted by Crippen LogP contribution is 2.34. The summed E-state index contributed by atoms with van der Waals surface area (Å²) in [6.07, 6.45) is 7.41. The van der Waals surface area contributed by atoms with E-state index >= 15 is 0 Å². The molecule has 2 aromatic rings. The Hall–Kier alpha value is -0.930. The van der Waals surface area contributed by atoms with Gasteiger partial charge in [0, 0.05) is 20.3 Å². The van der Waals surface area contributed by atoms with Crippen LogP contribution in [-0.4, -0.2) is 6.26 Å². The van der Waals surface area contributed by atoms with Crippen molar-refractivity contribution in [1.82, 2.24) is 0 Å². The van der Waals surface area contributed by atoms with Crippen molar-refractivity contribution in [3.05, 3.63) is 45.6 Å². The normalized spacial score (nSPS) is 15.7. The van der Waals surface area contributed by atoms with Crippen molar-refractivity contribution in [1.29, 1.82) is 0 Å². The number of rotatable bonds is 4. The zero-order valence-corrected chi connectivity index (χ0v) is 13.7. The van der Waals surface area contributed by atoms with Gasteiger partial charge in [-0.1, -0.05) is 6.07 Å². The molecular formula is C17H21NS2. The van der Waals surface area contributed by atoms with Crippen LogP contribution < -0.4 is 5.32 Å². The van der Waals surface area contributed by atoms with Crippen LogP contribution in [0, 0.1) is 0 Å². The molecule has 0 amide bonds. The molecule has 0 saturated heterocycles. The molecule has 0 radical (unpaired) electrons. The zero-order valence-electron chi connectivity index (χ0n) is 12.1. The molecule has 0 aliphatic heterocycles. The van der Waals surface area contributed by atoms with Gasteiger partial charge >= 0.3 is 0 Å². The largest absolute Gasteiger partial charge is 0.378 e. The van der Waals surface area contributed by atoms with Gasteiger partial charge in [0.05, 0.1) is 6.04 Å². The summed E-state index contributed by atoms with van der Waals surface area (Å²) in [6.45, 7) is 2.27. The molecule has 1 atom stereocenters. The zero-order chi connectivity index (χ0) is 13.9. The second kappa shape index (κ2) is 6.23. The summed E-state index contributed by atoms with van der Waals surface area (Å²) < 4.78 is 0. The minimum atomic E-state index is 0.391. The molecule has 1 heterocycles. The molecule has 0 bridgehead atoms. The fourth-order valence-electron chi connectivity index (χ4n) is 2.76. The van der Waals surface area contributed by atoms with Gasteiger partial charge in [-0.3, -0.25) is 0 Å². The van der Waals surface area contributed by atoms with E-state index in [2.05, 4.69) is 48.8 Å². The molecule has 1 aliphatic rings. The first-order valence-corrected chi connectivity index (χ1v) is 9.32. The molecule has 1 aliphatic carbocycles. The average Bonchev–Trinajstić information content (AvgIpc) is 2.91. The van der Waals surface area contributed by atoms with E-state index in [1.54, 1.807) is 22.2 Å². The fraction of sp³-hybridized carbons (Fsp3) is 0.412. The Bertz CT molecular complexity index is 565. The summed E-state index contributed by atoms with van der Waals surface area (Å²) in [4.78, 5) is 4.41. The topological polar surface area (TPSA) is 12.0 Å². The van der Waals surface area contributed by atoms with E-state index in [9.17, 15) is 0 Å². The Morgan fingerprint density at radius 3 is 2.85 bits per heavy atom. The van der Waals surface area contributed by atoms with Crippen LogP contribution in [0.5, 0.6) is 0 Å². The van der Waals surface area contributed by atoms with Crippen molar-refractivity contribution in [3.63, 3.8) is 0 Å². The van der Waals surface area contributed by atoms with Gasteiger partial charge in [-0.05, 0) is 68.7 Å². The molecule has 3 rings (SSSR count). The van der Waals surface area contributed by atoms with Gasteiger partial charge in [0.1, 0.15) is 0 Å². The van der Waals surface area contributed by atoms with Crippen LogP contribution in [0.3, 0.4) is 0 Å². The van der Waals surface area contributed by atoms with E-state index in [1.165, 1.54) is 41.1 Å². The highest BCUT2D eigenvalue weighted by molar-refractivity contribution is 7.98. The van der Waals surface area contributed by atoms with Crippen LogP contribution in [0.15, 0.2) is 35.2 Å². The van der Waals surface area contributed by atoms with E-state index in [0.29, 0.717) is 6.04 Å². The van der Waals surface area contributed by atoms with Crippen LogP contribution in [0.25, 0.3) is 0 Å². The van der Waals surface area contributed by atoms with Crippen molar-refractivity contribution < 1.29 is 0 Å². The second-order valence-corrected chi connectivity index (χ2v) is 7.45. The number of benzene rings is 1. The third-order valence-corrected chi connectivity index (χ3v) is 6.04. The van der Waals surface area contributed by atoms with Crippen molar-refractivity contribution in [3.8, 4) is 0 Å². The van der Waals surface area contributed by atoms with Gasteiger partial charge in [0.2, 0.25) is 0 Å². The lowest BCUT2D eigenvalue weighted by molar-refractivity contribution is 0.696. The van der Waals surface area contributed by atoms with E-state index < -0.39 is 0 Å². The lowest BCUT2D eigenvalue weighted by atomic mass is 9.99. The maximum atomic E-state index is 3.64. The SMILES string of the molecule is CSc1cccc(NC(C)c2cc3c(s2)CCCC3)c1. The summed E-state index contributed by atoms with van der Waals surface area (Å²) in [7, 11) is 0. The molecule has 1 nitrogen and oxygen atoms in total. The van der Waals surface area contributed by atoms with Crippen molar-refractivity contribution in [2.24, 2.45) is 0 Å². The molecule has 0 saturated carbocycles. The van der Waals surface area contributed by atoms with Crippen LogP contribution in [0.1, 0.15) is 41.1 Å². The Kier molecular flexibility index (Phi) is 4.37. The average molecular weight is 303 g/mol. The number of fused-ring (bicyclic) bond motifs is 1. The van der Waals surface area contributed by atoms with Gasteiger partial charge in [-0.25, -0.2) is 0 Å². The minimum absolute atomic E-state index is 0.391. The summed E-state index contributed by atoms with van der Waals surface area (Å²) in [5.74, 6) is 0. The second-order valence-electron chi connectivity index (χ2n) is 5.40. The number of nitrogens with one attached hydrogen (secondary N) is 1. The first-order valence-electron chi connectivity index (χ1n) is 7.28. The first-order chi connectivity index (χ1) is 9.76. The molecule has 20 heavy (non-hydrogen) atoms. The van der Waals surface area contributed by atoms with Gasteiger partial charge in [-0.2, -0.15) is 0 Å². The number of thioether (sulfide) groups is 1. The third-order valence-electron chi connectivity index (χ3n) is 3.90. The highest BCUT2D eigenvalue weighted by atomic mass is 32.2. The molecule has 1 aromatic carbocycles. The van der Waals surface area contributed by atoms with Crippen LogP contribution in [-0.2, 0) is 12.8 Å².